The van der Waals surface area contributed by atoms with Gasteiger partial charge in [-0.25, -0.2) is 9.97 Å². The third kappa shape index (κ3) is 3.67. The second-order valence-electron chi connectivity index (χ2n) is 6.03. The standard InChI is InChI=1S/C20H18N4O3/c1-24(15-5-3-2-4-6-15)19-10-16(22-12-23-19)20(25)21-11-14-7-8-17-18(9-14)27-13-26-17/h2-10,12H,11,13H2,1H3,(H,21,25). The predicted molar refractivity (Wildman–Crippen MR) is 100 cm³/mol. The molecule has 0 saturated heterocycles. The molecule has 4 rings (SSSR count). The van der Waals surface area contributed by atoms with Gasteiger partial charge in [-0.2, -0.15) is 0 Å². The van der Waals surface area contributed by atoms with Crippen LogP contribution in [0, 0.1) is 0 Å². The van der Waals surface area contributed by atoms with Crippen LogP contribution >= 0.6 is 0 Å². The molecule has 0 bridgehead atoms. The Morgan fingerprint density at radius 3 is 2.74 bits per heavy atom. The van der Waals surface area contributed by atoms with Crippen LogP contribution in [0.3, 0.4) is 0 Å². The van der Waals surface area contributed by atoms with Crippen LogP contribution in [-0.4, -0.2) is 29.7 Å². The number of anilines is 2. The molecule has 0 fully saturated rings. The van der Waals surface area contributed by atoms with E-state index in [1.165, 1.54) is 6.33 Å². The van der Waals surface area contributed by atoms with E-state index in [0.29, 0.717) is 23.8 Å². The molecule has 0 saturated carbocycles. The maximum Gasteiger partial charge on any atom is 0.270 e. The minimum atomic E-state index is -0.266. The van der Waals surface area contributed by atoms with Gasteiger partial charge in [0, 0.05) is 25.3 Å². The smallest absolute Gasteiger partial charge is 0.270 e. The second-order valence-corrected chi connectivity index (χ2v) is 6.03. The summed E-state index contributed by atoms with van der Waals surface area (Å²) in [5.41, 5.74) is 2.20. The Kier molecular flexibility index (Phi) is 4.57. The first-order valence-electron chi connectivity index (χ1n) is 8.48. The van der Waals surface area contributed by atoms with E-state index in [1.54, 1.807) is 6.07 Å². The summed E-state index contributed by atoms with van der Waals surface area (Å²) in [4.78, 5) is 22.7. The van der Waals surface area contributed by atoms with Crippen LogP contribution in [0.5, 0.6) is 11.5 Å². The third-order valence-electron chi connectivity index (χ3n) is 4.26. The molecule has 0 spiro atoms. The van der Waals surface area contributed by atoms with E-state index in [-0.39, 0.29) is 12.7 Å². The fraction of sp³-hybridized carbons (Fsp3) is 0.150. The number of amides is 1. The Morgan fingerprint density at radius 1 is 1.07 bits per heavy atom. The van der Waals surface area contributed by atoms with Gasteiger partial charge in [-0.1, -0.05) is 24.3 Å². The molecule has 1 aliphatic rings. The summed E-state index contributed by atoms with van der Waals surface area (Å²) in [6.07, 6.45) is 1.39. The molecule has 1 amide bonds. The number of benzene rings is 2. The Morgan fingerprint density at radius 2 is 1.89 bits per heavy atom. The number of rotatable bonds is 5. The number of hydrogen-bond donors (Lipinski definition) is 1. The van der Waals surface area contributed by atoms with E-state index >= 15 is 0 Å². The lowest BCUT2D eigenvalue weighted by molar-refractivity contribution is 0.0945. The van der Waals surface area contributed by atoms with E-state index in [2.05, 4.69) is 15.3 Å². The summed E-state index contributed by atoms with van der Waals surface area (Å²) < 4.78 is 10.6. The van der Waals surface area contributed by atoms with Gasteiger partial charge < -0.3 is 19.7 Å². The second kappa shape index (κ2) is 7.33. The van der Waals surface area contributed by atoms with Crippen LogP contribution in [0.15, 0.2) is 60.9 Å². The number of aromatic nitrogens is 2. The number of nitrogens with one attached hydrogen (secondary N) is 1. The van der Waals surface area contributed by atoms with Crippen molar-refractivity contribution in [3.63, 3.8) is 0 Å². The molecule has 0 atom stereocenters. The summed E-state index contributed by atoms with van der Waals surface area (Å²) in [5.74, 6) is 1.78. The molecule has 2 heterocycles. The fourth-order valence-corrected chi connectivity index (χ4v) is 2.76. The lowest BCUT2D eigenvalue weighted by Crippen LogP contribution is -2.24. The zero-order chi connectivity index (χ0) is 18.6. The van der Waals surface area contributed by atoms with E-state index < -0.39 is 0 Å². The average molecular weight is 362 g/mol. The van der Waals surface area contributed by atoms with Crippen molar-refractivity contribution in [2.24, 2.45) is 0 Å². The van der Waals surface area contributed by atoms with Crippen molar-refractivity contribution in [2.45, 2.75) is 6.54 Å². The van der Waals surface area contributed by atoms with Crippen molar-refractivity contribution in [3.05, 3.63) is 72.2 Å². The molecule has 2 aromatic carbocycles. The summed E-state index contributed by atoms with van der Waals surface area (Å²) in [6, 6.07) is 17.1. The Bertz CT molecular complexity index is 962. The Labute approximate surface area is 156 Å². The first-order valence-corrected chi connectivity index (χ1v) is 8.48. The number of fused-ring (bicyclic) bond motifs is 1. The summed E-state index contributed by atoms with van der Waals surface area (Å²) >= 11 is 0. The van der Waals surface area contributed by atoms with E-state index in [0.717, 1.165) is 17.0 Å². The molecule has 27 heavy (non-hydrogen) atoms. The third-order valence-corrected chi connectivity index (χ3v) is 4.26. The predicted octanol–water partition coefficient (Wildman–Crippen LogP) is 2.90. The fourth-order valence-electron chi connectivity index (χ4n) is 2.76. The van der Waals surface area contributed by atoms with Gasteiger partial charge in [0.1, 0.15) is 17.8 Å². The monoisotopic (exact) mass is 362 g/mol. The quantitative estimate of drug-likeness (QED) is 0.752. The molecule has 136 valence electrons. The van der Waals surface area contributed by atoms with Gasteiger partial charge in [0.2, 0.25) is 6.79 Å². The molecule has 0 unspecified atom stereocenters. The van der Waals surface area contributed by atoms with Crippen molar-refractivity contribution in [1.82, 2.24) is 15.3 Å². The van der Waals surface area contributed by atoms with Crippen LogP contribution < -0.4 is 19.7 Å². The maximum absolute atomic E-state index is 12.5. The van der Waals surface area contributed by atoms with Crippen molar-refractivity contribution in [3.8, 4) is 11.5 Å². The van der Waals surface area contributed by atoms with Gasteiger partial charge in [-0.05, 0) is 29.8 Å². The van der Waals surface area contributed by atoms with Gasteiger partial charge in [-0.15, -0.1) is 0 Å². The first-order chi connectivity index (χ1) is 13.2. The molecule has 0 aliphatic carbocycles. The highest BCUT2D eigenvalue weighted by molar-refractivity contribution is 5.93. The number of nitrogens with zero attached hydrogens (tertiary/aromatic N) is 3. The maximum atomic E-state index is 12.5. The lowest BCUT2D eigenvalue weighted by atomic mass is 10.2. The van der Waals surface area contributed by atoms with Crippen LogP contribution in [0.25, 0.3) is 0 Å². The van der Waals surface area contributed by atoms with Gasteiger partial charge in [0.05, 0.1) is 0 Å². The van der Waals surface area contributed by atoms with E-state index in [1.807, 2.05) is 60.5 Å². The highest BCUT2D eigenvalue weighted by Crippen LogP contribution is 2.32. The van der Waals surface area contributed by atoms with E-state index in [9.17, 15) is 4.79 Å². The minimum absolute atomic E-state index is 0.226. The summed E-state index contributed by atoms with van der Waals surface area (Å²) in [6.45, 7) is 0.590. The SMILES string of the molecule is CN(c1ccccc1)c1cc(C(=O)NCc2ccc3c(c2)OCO3)ncn1. The molecular formula is C20H18N4O3. The van der Waals surface area contributed by atoms with Crippen molar-refractivity contribution < 1.29 is 14.3 Å². The first kappa shape index (κ1) is 16.8. The Balaban J connectivity index is 1.44. The number of ether oxygens (including phenoxy) is 2. The van der Waals surface area contributed by atoms with Crippen LogP contribution in [0.2, 0.25) is 0 Å². The van der Waals surface area contributed by atoms with Gasteiger partial charge in [-0.3, -0.25) is 4.79 Å². The number of para-hydroxylation sites is 1. The van der Waals surface area contributed by atoms with Gasteiger partial charge in [0.25, 0.3) is 5.91 Å². The number of carbonyl (C=O) groups excluding carboxylic acids is 1. The van der Waals surface area contributed by atoms with E-state index in [4.69, 9.17) is 9.47 Å². The minimum Gasteiger partial charge on any atom is -0.454 e. The van der Waals surface area contributed by atoms with Crippen molar-refractivity contribution >= 4 is 17.4 Å². The largest absolute Gasteiger partial charge is 0.454 e. The number of carbonyl (C=O) groups is 1. The number of hydrogen-bond acceptors (Lipinski definition) is 6. The van der Waals surface area contributed by atoms with Gasteiger partial charge >= 0.3 is 0 Å². The molecular weight excluding hydrogens is 344 g/mol. The Hall–Kier alpha value is -3.61. The van der Waals surface area contributed by atoms with Crippen molar-refractivity contribution in [2.75, 3.05) is 18.7 Å². The molecule has 1 N–H and O–H groups in total. The average Bonchev–Trinajstić information content (AvgIpc) is 3.20. The lowest BCUT2D eigenvalue weighted by Gasteiger charge is -2.18. The van der Waals surface area contributed by atoms with Crippen LogP contribution in [-0.2, 0) is 6.54 Å². The molecule has 7 nitrogen and oxygen atoms in total. The zero-order valence-electron chi connectivity index (χ0n) is 14.8. The topological polar surface area (TPSA) is 76.6 Å². The van der Waals surface area contributed by atoms with Crippen LogP contribution in [0.1, 0.15) is 16.1 Å². The highest BCUT2D eigenvalue weighted by atomic mass is 16.7. The van der Waals surface area contributed by atoms with Crippen molar-refractivity contribution in [1.29, 1.82) is 0 Å². The summed E-state index contributed by atoms with van der Waals surface area (Å²) in [7, 11) is 1.89. The highest BCUT2D eigenvalue weighted by Gasteiger charge is 2.15. The summed E-state index contributed by atoms with van der Waals surface area (Å²) in [5, 5.41) is 2.87. The normalized spacial score (nSPS) is 11.9. The molecule has 1 aromatic heterocycles. The molecule has 7 heteroatoms. The molecule has 0 radical (unpaired) electrons. The van der Waals surface area contributed by atoms with Crippen LogP contribution in [0.4, 0.5) is 11.5 Å². The zero-order valence-corrected chi connectivity index (χ0v) is 14.8. The molecule has 1 aliphatic heterocycles. The van der Waals surface area contributed by atoms with Gasteiger partial charge in [0.15, 0.2) is 11.5 Å². The molecule has 3 aromatic rings.